The Balaban J connectivity index is 1.87. The molecule has 1 aliphatic rings. The third kappa shape index (κ3) is 3.02. The molecule has 94 valence electrons. The van der Waals surface area contributed by atoms with E-state index < -0.39 is 24.6 Å². The van der Waals surface area contributed by atoms with Gasteiger partial charge in [-0.2, -0.15) is 0 Å². The van der Waals surface area contributed by atoms with Gasteiger partial charge in [0.15, 0.2) is 6.29 Å². The van der Waals surface area contributed by atoms with Crippen LogP contribution in [0.2, 0.25) is 0 Å². The van der Waals surface area contributed by atoms with Crippen LogP contribution >= 0.6 is 0 Å². The van der Waals surface area contributed by atoms with Crippen molar-refractivity contribution in [2.45, 2.75) is 31.2 Å². The summed E-state index contributed by atoms with van der Waals surface area (Å²) in [7, 11) is 0. The maximum atomic E-state index is 9.63. The largest absolute Gasteiger partial charge is 0.388 e. The van der Waals surface area contributed by atoms with Crippen LogP contribution in [0, 0.1) is 0 Å². The summed E-state index contributed by atoms with van der Waals surface area (Å²) in [6, 6.07) is 9.45. The Labute approximate surface area is 99.2 Å². The predicted octanol–water partition coefficient (Wildman–Crippen LogP) is -0.358. The Morgan fingerprint density at radius 3 is 2.53 bits per heavy atom. The summed E-state index contributed by atoms with van der Waals surface area (Å²) in [5.74, 6) is 0. The predicted molar refractivity (Wildman–Crippen MR) is 59.0 cm³/mol. The van der Waals surface area contributed by atoms with E-state index in [0.717, 1.165) is 5.56 Å². The normalized spacial score (nSPS) is 33.6. The van der Waals surface area contributed by atoms with E-state index in [-0.39, 0.29) is 13.2 Å². The van der Waals surface area contributed by atoms with Crippen molar-refractivity contribution >= 4 is 0 Å². The first-order valence-electron chi connectivity index (χ1n) is 5.50. The maximum Gasteiger partial charge on any atom is 0.186 e. The van der Waals surface area contributed by atoms with Gasteiger partial charge in [-0.25, -0.2) is 0 Å². The molecule has 0 spiro atoms. The summed E-state index contributed by atoms with van der Waals surface area (Å²) < 4.78 is 10.5. The van der Waals surface area contributed by atoms with Crippen molar-refractivity contribution in [2.24, 2.45) is 0 Å². The molecule has 0 saturated carbocycles. The molecule has 1 saturated heterocycles. The highest BCUT2D eigenvalue weighted by Gasteiger charge is 2.38. The van der Waals surface area contributed by atoms with Gasteiger partial charge in [-0.3, -0.25) is 0 Å². The summed E-state index contributed by atoms with van der Waals surface area (Å²) in [5.41, 5.74) is 0.948. The van der Waals surface area contributed by atoms with E-state index in [1.165, 1.54) is 0 Å². The van der Waals surface area contributed by atoms with Crippen molar-refractivity contribution in [3.8, 4) is 0 Å². The van der Waals surface area contributed by atoms with E-state index in [1.54, 1.807) is 0 Å². The average Bonchev–Trinajstić information content (AvgIpc) is 2.36. The second-order valence-electron chi connectivity index (χ2n) is 4.05. The number of hydrogen-bond acceptors (Lipinski definition) is 5. The first kappa shape index (κ1) is 12.5. The number of hydrogen-bond donors (Lipinski definition) is 3. The van der Waals surface area contributed by atoms with Gasteiger partial charge in [-0.1, -0.05) is 30.3 Å². The van der Waals surface area contributed by atoms with Crippen LogP contribution in [0.4, 0.5) is 0 Å². The van der Waals surface area contributed by atoms with Crippen molar-refractivity contribution in [3.05, 3.63) is 35.9 Å². The molecular formula is C12H16O5. The molecule has 1 aromatic rings. The monoisotopic (exact) mass is 240 g/mol. The zero-order chi connectivity index (χ0) is 12.3. The molecule has 4 atom stereocenters. The first-order chi connectivity index (χ1) is 8.18. The number of benzene rings is 1. The van der Waals surface area contributed by atoms with Crippen LogP contribution in [-0.2, 0) is 16.1 Å². The average molecular weight is 240 g/mol. The highest BCUT2D eigenvalue weighted by molar-refractivity contribution is 5.13. The van der Waals surface area contributed by atoms with E-state index in [9.17, 15) is 15.3 Å². The van der Waals surface area contributed by atoms with E-state index in [0.29, 0.717) is 0 Å². The molecule has 0 aromatic heterocycles. The molecular weight excluding hydrogens is 224 g/mol. The van der Waals surface area contributed by atoms with Gasteiger partial charge in [0.25, 0.3) is 0 Å². The van der Waals surface area contributed by atoms with Crippen LogP contribution in [0.3, 0.4) is 0 Å². The van der Waals surface area contributed by atoms with E-state index >= 15 is 0 Å². The topological polar surface area (TPSA) is 79.2 Å². The smallest absolute Gasteiger partial charge is 0.186 e. The molecule has 1 heterocycles. The Kier molecular flexibility index (Phi) is 4.09. The molecule has 0 radical (unpaired) electrons. The molecule has 5 heteroatoms. The minimum Gasteiger partial charge on any atom is -0.388 e. The van der Waals surface area contributed by atoms with Crippen LogP contribution < -0.4 is 0 Å². The summed E-state index contributed by atoms with van der Waals surface area (Å²) >= 11 is 0. The van der Waals surface area contributed by atoms with Crippen molar-refractivity contribution in [2.75, 3.05) is 6.61 Å². The lowest BCUT2D eigenvalue weighted by Gasteiger charge is -2.34. The summed E-state index contributed by atoms with van der Waals surface area (Å²) in [4.78, 5) is 0. The molecule has 1 aromatic carbocycles. The maximum absolute atomic E-state index is 9.63. The Morgan fingerprint density at radius 2 is 1.82 bits per heavy atom. The van der Waals surface area contributed by atoms with Crippen molar-refractivity contribution in [1.29, 1.82) is 0 Å². The highest BCUT2D eigenvalue weighted by atomic mass is 16.7. The van der Waals surface area contributed by atoms with Gasteiger partial charge in [0.2, 0.25) is 0 Å². The Hall–Kier alpha value is -0.980. The van der Waals surface area contributed by atoms with Gasteiger partial charge < -0.3 is 24.8 Å². The third-order valence-electron chi connectivity index (χ3n) is 2.71. The fourth-order valence-corrected chi connectivity index (χ4v) is 1.68. The summed E-state index contributed by atoms with van der Waals surface area (Å²) in [6.07, 6.45) is -4.44. The highest BCUT2D eigenvalue weighted by Crippen LogP contribution is 2.17. The molecule has 1 unspecified atom stereocenters. The van der Waals surface area contributed by atoms with Gasteiger partial charge in [-0.05, 0) is 5.56 Å². The van der Waals surface area contributed by atoms with E-state index in [4.69, 9.17) is 9.47 Å². The Morgan fingerprint density at radius 1 is 1.12 bits per heavy atom. The number of rotatable bonds is 3. The Bertz CT molecular complexity index is 342. The van der Waals surface area contributed by atoms with Gasteiger partial charge in [-0.15, -0.1) is 0 Å². The van der Waals surface area contributed by atoms with Gasteiger partial charge in [0, 0.05) is 0 Å². The number of aliphatic hydroxyl groups is 3. The number of aliphatic hydroxyl groups excluding tert-OH is 3. The molecule has 1 fully saturated rings. The fourth-order valence-electron chi connectivity index (χ4n) is 1.68. The third-order valence-corrected chi connectivity index (χ3v) is 2.71. The van der Waals surface area contributed by atoms with Gasteiger partial charge in [0.1, 0.15) is 18.3 Å². The van der Waals surface area contributed by atoms with Crippen molar-refractivity contribution < 1.29 is 24.8 Å². The SMILES string of the molecule is OC1[C@H](OCc2ccccc2)OC[C@@H](O)[C@@H]1O. The lowest BCUT2D eigenvalue weighted by atomic mass is 10.1. The molecule has 0 bridgehead atoms. The van der Waals surface area contributed by atoms with Gasteiger partial charge >= 0.3 is 0 Å². The molecule has 0 aliphatic carbocycles. The van der Waals surface area contributed by atoms with Gasteiger partial charge in [0.05, 0.1) is 13.2 Å². The lowest BCUT2D eigenvalue weighted by Crippen LogP contribution is -2.53. The second kappa shape index (κ2) is 5.57. The molecule has 17 heavy (non-hydrogen) atoms. The lowest BCUT2D eigenvalue weighted by molar-refractivity contribution is -0.273. The minimum atomic E-state index is -1.23. The minimum absolute atomic E-state index is 0.0440. The zero-order valence-electron chi connectivity index (χ0n) is 9.27. The van der Waals surface area contributed by atoms with Crippen LogP contribution in [0.25, 0.3) is 0 Å². The number of ether oxygens (including phenoxy) is 2. The summed E-state index contributed by atoms with van der Waals surface area (Å²) in [5, 5.41) is 28.3. The molecule has 3 N–H and O–H groups in total. The molecule has 1 aliphatic heterocycles. The van der Waals surface area contributed by atoms with Crippen molar-refractivity contribution in [3.63, 3.8) is 0 Å². The van der Waals surface area contributed by atoms with Crippen LogP contribution in [0.5, 0.6) is 0 Å². The van der Waals surface area contributed by atoms with Crippen LogP contribution in [-0.4, -0.2) is 46.5 Å². The van der Waals surface area contributed by atoms with E-state index in [1.807, 2.05) is 30.3 Å². The first-order valence-corrected chi connectivity index (χ1v) is 5.50. The fraction of sp³-hybridized carbons (Fsp3) is 0.500. The molecule has 5 nitrogen and oxygen atoms in total. The molecule has 0 amide bonds. The quantitative estimate of drug-likeness (QED) is 0.672. The van der Waals surface area contributed by atoms with Crippen molar-refractivity contribution in [1.82, 2.24) is 0 Å². The van der Waals surface area contributed by atoms with E-state index in [2.05, 4.69) is 0 Å². The summed E-state index contributed by atoms with van der Waals surface area (Å²) in [6.45, 7) is 0.239. The molecule has 2 rings (SSSR count). The van der Waals surface area contributed by atoms with Crippen LogP contribution in [0.15, 0.2) is 30.3 Å². The zero-order valence-corrected chi connectivity index (χ0v) is 9.27. The second-order valence-corrected chi connectivity index (χ2v) is 4.05. The van der Waals surface area contributed by atoms with Crippen LogP contribution in [0.1, 0.15) is 5.56 Å². The standard InChI is InChI=1S/C12H16O5/c13-9-7-17-12(11(15)10(9)14)16-6-8-4-2-1-3-5-8/h1-5,9-15H,6-7H2/t9-,10+,11?,12-/m1/s1.